The zero-order chi connectivity index (χ0) is 36.6. The molecule has 0 aliphatic carbocycles. The van der Waals surface area contributed by atoms with Crippen LogP contribution in [-0.2, 0) is 71.2 Å². The van der Waals surface area contributed by atoms with Crippen LogP contribution in [0.2, 0.25) is 0 Å². The van der Waals surface area contributed by atoms with Gasteiger partial charge in [0.25, 0.3) is 0 Å². The third-order valence-corrected chi connectivity index (χ3v) is 5.44. The summed E-state index contributed by atoms with van der Waals surface area (Å²) in [6, 6.07) is 0. The monoisotopic (exact) mass is 733 g/mol. The van der Waals surface area contributed by atoms with Crippen molar-refractivity contribution in [1.82, 2.24) is 5.48 Å². The second-order valence-corrected chi connectivity index (χ2v) is 10.9. The summed E-state index contributed by atoms with van der Waals surface area (Å²) < 4.78 is 69.8. The van der Waals surface area contributed by atoms with Crippen molar-refractivity contribution >= 4 is 12.1 Å². The molecule has 0 radical (unpaired) electrons. The molecule has 0 aliphatic rings. The summed E-state index contributed by atoms with van der Waals surface area (Å²) in [6.07, 6.45) is -0.650. The van der Waals surface area contributed by atoms with E-state index in [4.69, 9.17) is 71.5 Å². The summed E-state index contributed by atoms with van der Waals surface area (Å²) in [6.45, 7) is 16.0. The Balaban J connectivity index is 3.10. The minimum Gasteiger partial charge on any atom is -0.481 e. The van der Waals surface area contributed by atoms with E-state index in [-0.39, 0.29) is 19.6 Å². The second kappa shape index (κ2) is 38.5. The largest absolute Gasteiger partial charge is 0.481 e. The van der Waals surface area contributed by atoms with Crippen molar-refractivity contribution in [1.29, 1.82) is 0 Å². The third kappa shape index (κ3) is 44.2. The van der Waals surface area contributed by atoms with Gasteiger partial charge in [0.1, 0.15) is 5.60 Å². The van der Waals surface area contributed by atoms with E-state index in [2.05, 4.69) is 5.48 Å². The van der Waals surface area contributed by atoms with Crippen LogP contribution in [0.15, 0.2) is 0 Å². The van der Waals surface area contributed by atoms with Crippen LogP contribution >= 0.6 is 0 Å². The van der Waals surface area contributed by atoms with Crippen molar-refractivity contribution in [2.45, 2.75) is 32.8 Å². The third-order valence-electron chi connectivity index (χ3n) is 5.44. The van der Waals surface area contributed by atoms with Crippen molar-refractivity contribution in [2.75, 3.05) is 165 Å². The van der Waals surface area contributed by atoms with Gasteiger partial charge in [-0.2, -0.15) is 5.48 Å². The molecule has 0 unspecified atom stereocenters. The average Bonchev–Trinajstić information content (AvgIpc) is 3.06. The number of nitrogens with one attached hydrogen (secondary N) is 1. The van der Waals surface area contributed by atoms with Gasteiger partial charge in [0.15, 0.2) is 0 Å². The molecule has 298 valence electrons. The van der Waals surface area contributed by atoms with E-state index in [1.165, 1.54) is 0 Å². The quantitative estimate of drug-likeness (QED) is 0.0671. The van der Waals surface area contributed by atoms with Gasteiger partial charge in [-0.1, -0.05) is 0 Å². The number of ether oxygens (including phenoxy) is 13. The maximum Gasteiger partial charge on any atom is 0.431 e. The number of rotatable bonds is 40. The number of amides is 1. The summed E-state index contributed by atoms with van der Waals surface area (Å²) >= 11 is 0. The van der Waals surface area contributed by atoms with E-state index >= 15 is 0 Å². The molecule has 0 saturated heterocycles. The van der Waals surface area contributed by atoms with Crippen LogP contribution in [0.1, 0.15) is 27.2 Å². The number of hydroxylamine groups is 1. The van der Waals surface area contributed by atoms with Gasteiger partial charge < -0.3 is 66.7 Å². The van der Waals surface area contributed by atoms with Gasteiger partial charge in [-0.3, -0.25) is 9.63 Å². The Bertz CT molecular complexity index is 729. The van der Waals surface area contributed by atoms with Crippen LogP contribution < -0.4 is 5.48 Å². The van der Waals surface area contributed by atoms with Gasteiger partial charge in [0.2, 0.25) is 0 Å². The minimum atomic E-state index is -0.879. The van der Waals surface area contributed by atoms with Crippen LogP contribution in [-0.4, -0.2) is 188 Å². The molecule has 0 aromatic rings. The van der Waals surface area contributed by atoms with Crippen LogP contribution in [0.25, 0.3) is 0 Å². The van der Waals surface area contributed by atoms with Gasteiger partial charge in [-0.15, -0.1) is 0 Å². The fourth-order valence-electron chi connectivity index (χ4n) is 3.19. The summed E-state index contributed by atoms with van der Waals surface area (Å²) in [5.41, 5.74) is 1.61. The first-order valence-corrected chi connectivity index (χ1v) is 17.1. The SMILES string of the molecule is CC(C)(C)OC(=O)NOCCOCCOCCOCCOCCOCCOCCOCCOCCOCCOCCOCCOCCC(=O)O. The first-order chi connectivity index (χ1) is 24.3. The summed E-state index contributed by atoms with van der Waals surface area (Å²) in [7, 11) is 0. The summed E-state index contributed by atoms with van der Waals surface area (Å²) in [4.78, 5) is 26.7. The van der Waals surface area contributed by atoms with Crippen molar-refractivity contribution in [3.63, 3.8) is 0 Å². The second-order valence-electron chi connectivity index (χ2n) is 10.9. The van der Waals surface area contributed by atoms with Crippen molar-refractivity contribution < 1.29 is 81.1 Å². The molecule has 0 fully saturated rings. The molecule has 0 aromatic carbocycles. The maximum atomic E-state index is 11.4. The number of carbonyl (C=O) groups excluding carboxylic acids is 1. The molecule has 18 heteroatoms. The van der Waals surface area contributed by atoms with Gasteiger partial charge in [-0.25, -0.2) is 4.79 Å². The molecule has 0 saturated carbocycles. The Morgan fingerprint density at radius 2 is 0.620 bits per heavy atom. The molecule has 2 N–H and O–H groups in total. The van der Waals surface area contributed by atoms with E-state index in [1.807, 2.05) is 0 Å². The highest BCUT2D eigenvalue weighted by molar-refractivity contribution is 5.66. The lowest BCUT2D eigenvalue weighted by Crippen LogP contribution is -2.33. The number of hydrogen-bond acceptors (Lipinski definition) is 16. The van der Waals surface area contributed by atoms with Crippen LogP contribution in [0.4, 0.5) is 4.79 Å². The molecule has 1 amide bonds. The van der Waals surface area contributed by atoms with Crippen LogP contribution in [0.3, 0.4) is 0 Å². The molecule has 0 aromatic heterocycles. The van der Waals surface area contributed by atoms with Gasteiger partial charge >= 0.3 is 12.1 Å². The minimum absolute atomic E-state index is 0.00748. The Morgan fingerprint density at radius 3 is 0.840 bits per heavy atom. The normalized spacial score (nSPS) is 11.7. The maximum absolute atomic E-state index is 11.4. The summed E-state index contributed by atoms with van der Waals surface area (Å²) in [5.74, 6) is -0.879. The number of carbonyl (C=O) groups is 2. The average molecular weight is 734 g/mol. The number of carboxylic acid groups (broad SMARTS) is 1. The van der Waals surface area contributed by atoms with Crippen molar-refractivity contribution in [3.8, 4) is 0 Å². The first-order valence-electron chi connectivity index (χ1n) is 17.1. The molecule has 18 nitrogen and oxygen atoms in total. The first kappa shape index (κ1) is 48.2. The standard InChI is InChI=1S/C32H63NO17/c1-32(2,3)50-31(36)33-49-29-28-48-27-26-47-25-24-46-23-22-45-21-20-44-19-18-43-17-16-42-15-14-41-13-12-40-11-10-39-9-8-38-7-6-37-5-4-30(34)35/h4-29H2,1-3H3,(H,33,36)(H,34,35). The Morgan fingerprint density at radius 1 is 0.400 bits per heavy atom. The van der Waals surface area contributed by atoms with Crippen LogP contribution in [0.5, 0.6) is 0 Å². The molecule has 0 spiro atoms. The number of hydrogen-bond donors (Lipinski definition) is 2. The Kier molecular flexibility index (Phi) is 37.1. The Labute approximate surface area is 296 Å². The lowest BCUT2D eigenvalue weighted by atomic mass is 10.2. The van der Waals surface area contributed by atoms with Crippen molar-refractivity contribution in [2.24, 2.45) is 0 Å². The number of carboxylic acids is 1. The molecule has 0 bridgehead atoms. The lowest BCUT2D eigenvalue weighted by Gasteiger charge is -2.19. The molecule has 0 rings (SSSR count). The zero-order valence-electron chi connectivity index (χ0n) is 30.4. The lowest BCUT2D eigenvalue weighted by molar-refractivity contribution is -0.138. The van der Waals surface area contributed by atoms with E-state index in [0.29, 0.717) is 152 Å². The highest BCUT2D eigenvalue weighted by atomic mass is 16.7. The van der Waals surface area contributed by atoms with E-state index in [1.54, 1.807) is 20.8 Å². The Hall–Kier alpha value is -1.78. The topological polar surface area (TPSA) is 196 Å². The van der Waals surface area contributed by atoms with Gasteiger partial charge in [-0.05, 0) is 20.8 Å². The molecule has 0 atom stereocenters. The highest BCUT2D eigenvalue weighted by Gasteiger charge is 2.15. The van der Waals surface area contributed by atoms with E-state index in [0.717, 1.165) is 0 Å². The fourth-order valence-corrected chi connectivity index (χ4v) is 3.19. The van der Waals surface area contributed by atoms with Crippen LogP contribution in [0, 0.1) is 0 Å². The fraction of sp³-hybridized carbons (Fsp3) is 0.938. The highest BCUT2D eigenvalue weighted by Crippen LogP contribution is 2.06. The molecular weight excluding hydrogens is 670 g/mol. The summed E-state index contributed by atoms with van der Waals surface area (Å²) in [5, 5.41) is 8.49. The smallest absolute Gasteiger partial charge is 0.431 e. The van der Waals surface area contributed by atoms with Gasteiger partial charge in [0, 0.05) is 0 Å². The zero-order valence-corrected chi connectivity index (χ0v) is 30.4. The van der Waals surface area contributed by atoms with E-state index in [9.17, 15) is 9.59 Å². The van der Waals surface area contributed by atoms with Crippen molar-refractivity contribution in [3.05, 3.63) is 0 Å². The van der Waals surface area contributed by atoms with E-state index < -0.39 is 17.7 Å². The molecule has 0 heterocycles. The predicted octanol–water partition coefficient (Wildman–Crippen LogP) is 1.12. The van der Waals surface area contributed by atoms with Gasteiger partial charge in [0.05, 0.1) is 172 Å². The molecular formula is C32H63NO17. The molecule has 0 aliphatic heterocycles. The number of aliphatic carboxylic acids is 1. The predicted molar refractivity (Wildman–Crippen MR) is 177 cm³/mol. The molecule has 50 heavy (non-hydrogen) atoms.